The van der Waals surface area contributed by atoms with Crippen LogP contribution in [0, 0.1) is 6.92 Å². The number of aryl methyl sites for hydroxylation is 1. The summed E-state index contributed by atoms with van der Waals surface area (Å²) in [4.78, 5) is 33.9. The molecule has 0 spiro atoms. The topological polar surface area (TPSA) is 109 Å². The van der Waals surface area contributed by atoms with Crippen molar-refractivity contribution in [1.82, 2.24) is 9.97 Å². The lowest BCUT2D eigenvalue weighted by Crippen LogP contribution is -2.21. The quantitative estimate of drug-likeness (QED) is 0.379. The summed E-state index contributed by atoms with van der Waals surface area (Å²) in [5.41, 5.74) is 1.49. The molecule has 174 valence electrons. The summed E-state index contributed by atoms with van der Waals surface area (Å²) < 4.78 is 21.8. The number of ether oxygens (including phenoxy) is 4. The van der Waals surface area contributed by atoms with E-state index in [4.69, 9.17) is 18.9 Å². The first-order valence-corrected chi connectivity index (χ1v) is 10.5. The molecule has 0 radical (unpaired) electrons. The molecule has 9 nitrogen and oxygen atoms in total. The third-order valence-electron chi connectivity index (χ3n) is 5.08. The van der Waals surface area contributed by atoms with Crippen molar-refractivity contribution in [1.29, 1.82) is 0 Å². The summed E-state index contributed by atoms with van der Waals surface area (Å²) in [7, 11) is 3.11. The molecule has 0 amide bonds. The first-order chi connectivity index (χ1) is 16.5. The molecule has 1 aliphatic rings. The van der Waals surface area contributed by atoms with E-state index in [1.54, 1.807) is 31.4 Å². The van der Waals surface area contributed by atoms with Crippen LogP contribution in [0.1, 0.15) is 5.56 Å². The summed E-state index contributed by atoms with van der Waals surface area (Å²) in [5, 5.41) is 3.53. The Bertz CT molecular complexity index is 1320. The van der Waals surface area contributed by atoms with Gasteiger partial charge in [0.05, 0.1) is 24.9 Å². The number of fused-ring (bicyclic) bond motifs is 1. The molecule has 1 heterocycles. The summed E-state index contributed by atoms with van der Waals surface area (Å²) in [5.74, 6) is 0.928. The number of carbonyl (C=O) groups is 2. The van der Waals surface area contributed by atoms with Crippen LogP contribution in [-0.2, 0) is 14.3 Å². The average molecular weight is 461 g/mol. The normalized spacial score (nSPS) is 13.4. The Morgan fingerprint density at radius 1 is 0.912 bits per heavy atom. The number of ketones is 2. The SMILES string of the molecule is COCCOc1cc2ncnc(NC3=CC(=O)C(Oc4ccccc4C)=CC3=O)c2cc1OC. The van der Waals surface area contributed by atoms with Gasteiger partial charge in [-0.2, -0.15) is 0 Å². The fourth-order valence-corrected chi connectivity index (χ4v) is 3.31. The minimum Gasteiger partial charge on any atom is -0.493 e. The highest BCUT2D eigenvalue weighted by Crippen LogP contribution is 2.34. The lowest BCUT2D eigenvalue weighted by Gasteiger charge is -2.16. The molecule has 0 unspecified atom stereocenters. The first-order valence-electron chi connectivity index (χ1n) is 10.5. The minimum absolute atomic E-state index is 0.0445. The number of nitrogens with one attached hydrogen (secondary N) is 1. The highest BCUT2D eigenvalue weighted by Gasteiger charge is 2.24. The van der Waals surface area contributed by atoms with Gasteiger partial charge in [0, 0.05) is 30.7 Å². The number of rotatable bonds is 9. The maximum atomic E-state index is 12.8. The van der Waals surface area contributed by atoms with Crippen LogP contribution in [0.15, 0.2) is 66.3 Å². The lowest BCUT2D eigenvalue weighted by atomic mass is 10.1. The van der Waals surface area contributed by atoms with Crippen molar-refractivity contribution in [2.75, 3.05) is 32.8 Å². The number of hydrogen-bond acceptors (Lipinski definition) is 9. The Morgan fingerprint density at radius 3 is 2.50 bits per heavy atom. The Morgan fingerprint density at radius 2 is 1.74 bits per heavy atom. The van der Waals surface area contributed by atoms with Gasteiger partial charge in [0.2, 0.25) is 11.6 Å². The fraction of sp³-hybridized carbons (Fsp3) is 0.200. The molecular formula is C25H23N3O6. The van der Waals surface area contributed by atoms with Gasteiger partial charge < -0.3 is 24.3 Å². The molecule has 34 heavy (non-hydrogen) atoms. The number of aromatic nitrogens is 2. The largest absolute Gasteiger partial charge is 0.493 e. The van der Waals surface area contributed by atoms with E-state index in [9.17, 15) is 9.59 Å². The van der Waals surface area contributed by atoms with Crippen LogP contribution in [-0.4, -0.2) is 49.0 Å². The Labute approximate surface area is 196 Å². The molecular weight excluding hydrogens is 438 g/mol. The number of allylic oxidation sites excluding steroid dienone is 2. The lowest BCUT2D eigenvalue weighted by molar-refractivity contribution is -0.116. The molecule has 0 fully saturated rings. The van der Waals surface area contributed by atoms with Crippen molar-refractivity contribution in [3.05, 3.63) is 71.9 Å². The maximum absolute atomic E-state index is 12.8. The summed E-state index contributed by atoms with van der Waals surface area (Å²) in [6.07, 6.45) is 3.72. The van der Waals surface area contributed by atoms with Crippen LogP contribution in [0.3, 0.4) is 0 Å². The second-order valence-electron chi connectivity index (χ2n) is 7.37. The molecule has 0 bridgehead atoms. The smallest absolute Gasteiger partial charge is 0.223 e. The number of nitrogens with zero attached hydrogens (tertiary/aromatic N) is 2. The van der Waals surface area contributed by atoms with Crippen LogP contribution in [0.2, 0.25) is 0 Å². The molecule has 0 saturated carbocycles. The van der Waals surface area contributed by atoms with Crippen molar-refractivity contribution >= 4 is 28.3 Å². The minimum atomic E-state index is -0.435. The van der Waals surface area contributed by atoms with Crippen molar-refractivity contribution in [2.45, 2.75) is 6.92 Å². The summed E-state index contributed by atoms with van der Waals surface area (Å²) in [6, 6.07) is 10.7. The van der Waals surface area contributed by atoms with E-state index in [0.29, 0.717) is 47.2 Å². The molecule has 1 aliphatic carbocycles. The van der Waals surface area contributed by atoms with E-state index in [1.807, 2.05) is 19.1 Å². The zero-order valence-corrected chi connectivity index (χ0v) is 19.0. The van der Waals surface area contributed by atoms with Crippen LogP contribution in [0.25, 0.3) is 10.9 Å². The number of carbonyl (C=O) groups excluding carboxylic acids is 2. The average Bonchev–Trinajstić information content (AvgIpc) is 2.83. The van der Waals surface area contributed by atoms with Gasteiger partial charge in [-0.25, -0.2) is 9.97 Å². The van der Waals surface area contributed by atoms with E-state index < -0.39 is 11.6 Å². The van der Waals surface area contributed by atoms with Crippen molar-refractivity contribution < 1.29 is 28.5 Å². The van der Waals surface area contributed by atoms with Gasteiger partial charge in [0.25, 0.3) is 0 Å². The van der Waals surface area contributed by atoms with Crippen LogP contribution in [0.5, 0.6) is 17.2 Å². The standard InChI is InChI=1S/C25H23N3O6/c1-15-6-4-5-7-21(15)34-22-13-19(29)18(11-20(22)30)28-25-16-10-23(32-3)24(33-9-8-31-2)12-17(16)26-14-27-25/h4-7,10-14H,8-9H2,1-3H3,(H,26,27,28). The van der Waals surface area contributed by atoms with E-state index in [-0.39, 0.29) is 11.5 Å². The van der Waals surface area contributed by atoms with Gasteiger partial charge in [-0.05, 0) is 24.6 Å². The fourth-order valence-electron chi connectivity index (χ4n) is 3.31. The molecule has 9 heteroatoms. The second kappa shape index (κ2) is 10.1. The first kappa shape index (κ1) is 22.9. The number of para-hydroxylation sites is 1. The highest BCUT2D eigenvalue weighted by atomic mass is 16.5. The number of methoxy groups -OCH3 is 2. The van der Waals surface area contributed by atoms with E-state index in [0.717, 1.165) is 5.56 Å². The van der Waals surface area contributed by atoms with Crippen LogP contribution < -0.4 is 19.5 Å². The number of benzene rings is 2. The Balaban J connectivity index is 1.58. The van der Waals surface area contributed by atoms with Gasteiger partial charge in [0.15, 0.2) is 17.3 Å². The zero-order valence-electron chi connectivity index (χ0n) is 19.0. The highest BCUT2D eigenvalue weighted by molar-refractivity contribution is 6.20. The third-order valence-corrected chi connectivity index (χ3v) is 5.08. The van der Waals surface area contributed by atoms with Gasteiger partial charge in [-0.1, -0.05) is 18.2 Å². The van der Waals surface area contributed by atoms with Crippen molar-refractivity contribution in [3.63, 3.8) is 0 Å². The van der Waals surface area contributed by atoms with Crippen LogP contribution in [0.4, 0.5) is 5.82 Å². The predicted molar refractivity (Wildman–Crippen MR) is 125 cm³/mol. The molecule has 1 aromatic heterocycles. The van der Waals surface area contributed by atoms with Crippen LogP contribution >= 0.6 is 0 Å². The number of anilines is 1. The zero-order chi connectivity index (χ0) is 24.1. The van der Waals surface area contributed by atoms with E-state index in [2.05, 4.69) is 15.3 Å². The third kappa shape index (κ3) is 4.89. The van der Waals surface area contributed by atoms with Gasteiger partial charge in [-0.15, -0.1) is 0 Å². The second-order valence-corrected chi connectivity index (χ2v) is 7.37. The molecule has 0 saturated heterocycles. The number of hydrogen-bond donors (Lipinski definition) is 1. The van der Waals surface area contributed by atoms with Gasteiger partial charge in [-0.3, -0.25) is 9.59 Å². The van der Waals surface area contributed by atoms with Crippen molar-refractivity contribution in [3.8, 4) is 17.2 Å². The van der Waals surface area contributed by atoms with Gasteiger partial charge in [0.1, 0.15) is 24.5 Å². The molecule has 1 N–H and O–H groups in total. The predicted octanol–water partition coefficient (Wildman–Crippen LogP) is 3.38. The summed E-state index contributed by atoms with van der Waals surface area (Å²) >= 11 is 0. The molecule has 4 rings (SSSR count). The molecule has 0 atom stereocenters. The van der Waals surface area contributed by atoms with Gasteiger partial charge >= 0.3 is 0 Å². The van der Waals surface area contributed by atoms with Crippen molar-refractivity contribution in [2.24, 2.45) is 0 Å². The summed E-state index contributed by atoms with van der Waals surface area (Å²) in [6.45, 7) is 2.62. The maximum Gasteiger partial charge on any atom is 0.223 e. The molecule has 2 aromatic carbocycles. The molecule has 0 aliphatic heterocycles. The molecule has 3 aromatic rings. The van der Waals surface area contributed by atoms with E-state index in [1.165, 1.54) is 25.6 Å². The Kier molecular flexibility index (Phi) is 6.84. The Hall–Kier alpha value is -4.24. The monoisotopic (exact) mass is 461 g/mol. The van der Waals surface area contributed by atoms with E-state index >= 15 is 0 Å².